The highest BCUT2D eigenvalue weighted by molar-refractivity contribution is 14.1. The van der Waals surface area contributed by atoms with Crippen molar-refractivity contribution in [2.24, 2.45) is 10.1 Å². The molecule has 0 aliphatic carbocycles. The Morgan fingerprint density at radius 3 is 2.78 bits per heavy atom. The van der Waals surface area contributed by atoms with Crippen molar-refractivity contribution in [3.8, 4) is 22.8 Å². The first-order chi connectivity index (χ1) is 13.1. The largest absolute Gasteiger partial charge is 0.508 e. The van der Waals surface area contributed by atoms with Gasteiger partial charge in [0.05, 0.1) is 25.1 Å². The molecular formula is C19H18IN3O3S. The van der Waals surface area contributed by atoms with E-state index in [2.05, 4.69) is 32.7 Å². The van der Waals surface area contributed by atoms with Gasteiger partial charge in [0.1, 0.15) is 11.5 Å². The zero-order valence-corrected chi connectivity index (χ0v) is 17.5. The van der Waals surface area contributed by atoms with Crippen LogP contribution in [0.5, 0.6) is 11.5 Å². The Balaban J connectivity index is 2.09. The van der Waals surface area contributed by atoms with Crippen LogP contribution in [0.1, 0.15) is 5.56 Å². The summed E-state index contributed by atoms with van der Waals surface area (Å²) in [6.45, 7) is 1.02. The van der Waals surface area contributed by atoms with Gasteiger partial charge in [-0.25, -0.2) is 4.68 Å². The highest BCUT2D eigenvalue weighted by Gasteiger charge is 2.12. The molecule has 0 atom stereocenters. The fourth-order valence-electron chi connectivity index (χ4n) is 2.37. The molecule has 0 amide bonds. The molecule has 0 aliphatic rings. The van der Waals surface area contributed by atoms with Crippen molar-refractivity contribution in [1.29, 1.82) is 0 Å². The number of nitrogens with zero attached hydrogens (tertiary/aromatic N) is 3. The van der Waals surface area contributed by atoms with E-state index in [9.17, 15) is 10.2 Å². The van der Waals surface area contributed by atoms with Gasteiger partial charge >= 0.3 is 0 Å². The smallest absolute Gasteiger partial charge is 0.206 e. The van der Waals surface area contributed by atoms with Gasteiger partial charge in [-0.1, -0.05) is 18.2 Å². The summed E-state index contributed by atoms with van der Waals surface area (Å²) < 4.78 is 7.84. The minimum atomic E-state index is -0.0190. The molecule has 0 fully saturated rings. The molecule has 2 N–H and O–H groups in total. The molecule has 27 heavy (non-hydrogen) atoms. The van der Waals surface area contributed by atoms with Crippen molar-refractivity contribution < 1.29 is 14.9 Å². The summed E-state index contributed by atoms with van der Waals surface area (Å²) >= 11 is 3.69. The Morgan fingerprint density at radius 1 is 1.22 bits per heavy atom. The predicted molar refractivity (Wildman–Crippen MR) is 116 cm³/mol. The number of aromatic nitrogens is 1. The average Bonchev–Trinajstić information content (AvgIpc) is 3.04. The molecule has 0 saturated carbocycles. The number of phenolic OH excluding ortho intramolecular Hbond substituents is 2. The lowest BCUT2D eigenvalue weighted by atomic mass is 10.1. The van der Waals surface area contributed by atoms with Crippen LogP contribution >= 0.6 is 33.9 Å². The fourth-order valence-corrected chi connectivity index (χ4v) is 3.76. The molecule has 1 heterocycles. The molecule has 0 aliphatic heterocycles. The van der Waals surface area contributed by atoms with Gasteiger partial charge < -0.3 is 14.9 Å². The molecule has 8 heteroatoms. The van der Waals surface area contributed by atoms with Crippen LogP contribution in [0.25, 0.3) is 11.3 Å². The van der Waals surface area contributed by atoms with Crippen LogP contribution in [-0.2, 0) is 4.74 Å². The van der Waals surface area contributed by atoms with Crippen LogP contribution in [0.15, 0.2) is 57.9 Å². The first-order valence-corrected chi connectivity index (χ1v) is 10.1. The van der Waals surface area contributed by atoms with E-state index >= 15 is 0 Å². The quantitative estimate of drug-likeness (QED) is 0.311. The summed E-state index contributed by atoms with van der Waals surface area (Å²) in [4.78, 5) is 5.23. The van der Waals surface area contributed by atoms with E-state index in [-0.39, 0.29) is 11.5 Å². The lowest BCUT2D eigenvalue weighted by Gasteiger charge is -2.06. The van der Waals surface area contributed by atoms with Gasteiger partial charge in [0.2, 0.25) is 4.80 Å². The maximum Gasteiger partial charge on any atom is 0.206 e. The van der Waals surface area contributed by atoms with E-state index in [4.69, 9.17) is 4.74 Å². The van der Waals surface area contributed by atoms with E-state index in [1.54, 1.807) is 24.1 Å². The minimum absolute atomic E-state index is 0.00498. The Kier molecular flexibility index (Phi) is 6.64. The second-order valence-electron chi connectivity index (χ2n) is 5.56. The number of ether oxygens (including phenoxy) is 1. The number of rotatable bonds is 6. The number of phenols is 2. The summed E-state index contributed by atoms with van der Waals surface area (Å²) in [5, 5.41) is 26.3. The first kappa shape index (κ1) is 19.6. The van der Waals surface area contributed by atoms with Gasteiger partial charge in [-0.2, -0.15) is 5.10 Å². The van der Waals surface area contributed by atoms with Gasteiger partial charge in [-0.05, 0) is 40.8 Å². The van der Waals surface area contributed by atoms with Crippen molar-refractivity contribution in [3.05, 3.63) is 61.8 Å². The van der Waals surface area contributed by atoms with Crippen molar-refractivity contribution in [2.75, 3.05) is 20.3 Å². The highest BCUT2D eigenvalue weighted by Crippen LogP contribution is 2.32. The summed E-state index contributed by atoms with van der Waals surface area (Å²) in [7, 11) is 1.63. The van der Waals surface area contributed by atoms with E-state index in [1.165, 1.54) is 23.5 Å². The molecule has 0 bridgehead atoms. The second kappa shape index (κ2) is 9.16. The van der Waals surface area contributed by atoms with Gasteiger partial charge in [-0.15, -0.1) is 11.3 Å². The van der Waals surface area contributed by atoms with Crippen molar-refractivity contribution in [3.63, 3.8) is 0 Å². The average molecular weight is 495 g/mol. The van der Waals surface area contributed by atoms with Crippen LogP contribution in [0.2, 0.25) is 0 Å². The van der Waals surface area contributed by atoms with E-state index in [0.29, 0.717) is 29.2 Å². The van der Waals surface area contributed by atoms with Crippen molar-refractivity contribution in [2.45, 2.75) is 0 Å². The number of thiazole rings is 1. The zero-order valence-electron chi connectivity index (χ0n) is 14.5. The summed E-state index contributed by atoms with van der Waals surface area (Å²) in [6.07, 6.45) is 1.77. The summed E-state index contributed by atoms with van der Waals surface area (Å²) in [5.74, 6) is -0.0140. The van der Waals surface area contributed by atoms with Crippen molar-refractivity contribution in [1.82, 2.24) is 4.68 Å². The molecule has 0 saturated heterocycles. The third kappa shape index (κ3) is 4.76. The molecule has 3 aromatic rings. The summed E-state index contributed by atoms with van der Waals surface area (Å²) in [6, 6.07) is 12.4. The van der Waals surface area contributed by atoms with Crippen LogP contribution in [0.4, 0.5) is 0 Å². The van der Waals surface area contributed by atoms with E-state index in [0.717, 1.165) is 9.13 Å². The third-order valence-electron chi connectivity index (χ3n) is 3.70. The molecule has 3 rings (SSSR count). The molecule has 6 nitrogen and oxygen atoms in total. The lowest BCUT2D eigenvalue weighted by Crippen LogP contribution is -2.14. The normalized spacial score (nSPS) is 12.1. The van der Waals surface area contributed by atoms with Gasteiger partial charge in [-0.3, -0.25) is 4.99 Å². The molecule has 0 unspecified atom stereocenters. The summed E-state index contributed by atoms with van der Waals surface area (Å²) in [5.41, 5.74) is 2.24. The predicted octanol–water partition coefficient (Wildman–Crippen LogP) is 3.66. The van der Waals surface area contributed by atoms with Crippen LogP contribution in [-0.4, -0.2) is 41.4 Å². The number of hydrogen-bond acceptors (Lipinski definition) is 6. The minimum Gasteiger partial charge on any atom is -0.508 e. The fraction of sp³-hybridized carbons (Fsp3) is 0.158. The molecule has 2 aromatic carbocycles. The van der Waals surface area contributed by atoms with Crippen molar-refractivity contribution >= 4 is 40.1 Å². The number of benzene rings is 2. The zero-order chi connectivity index (χ0) is 19.2. The molecule has 0 spiro atoms. The molecule has 140 valence electrons. The topological polar surface area (TPSA) is 79.3 Å². The van der Waals surface area contributed by atoms with E-state index < -0.39 is 0 Å². The lowest BCUT2D eigenvalue weighted by molar-refractivity contribution is 0.207. The van der Waals surface area contributed by atoms with Gasteiger partial charge in [0.25, 0.3) is 0 Å². The van der Waals surface area contributed by atoms with Crippen LogP contribution < -0.4 is 4.80 Å². The SMILES string of the molecule is COCCN=c1scc(-c2ccc(O)cc2O)n1/N=C/c1ccccc1I. The Bertz CT molecular complexity index is 1030. The monoisotopic (exact) mass is 495 g/mol. The third-order valence-corrected chi connectivity index (χ3v) is 5.54. The van der Waals surface area contributed by atoms with Gasteiger partial charge in [0.15, 0.2) is 0 Å². The maximum atomic E-state index is 10.2. The molecule has 1 aromatic heterocycles. The Hall–Kier alpha value is -2.17. The molecular weight excluding hydrogens is 477 g/mol. The molecule has 0 radical (unpaired) electrons. The Labute approximate surface area is 174 Å². The van der Waals surface area contributed by atoms with Crippen LogP contribution in [0.3, 0.4) is 0 Å². The van der Waals surface area contributed by atoms with E-state index in [1.807, 2.05) is 29.6 Å². The number of aromatic hydroxyl groups is 2. The number of methoxy groups -OCH3 is 1. The highest BCUT2D eigenvalue weighted by atomic mass is 127. The number of hydrogen-bond donors (Lipinski definition) is 2. The standard InChI is InChI=1S/C19H18IN3O3S/c1-26-9-8-21-19-23(22-11-13-4-2-3-5-16(13)20)17(12-27-19)15-7-6-14(24)10-18(15)25/h2-7,10-12,24-25H,8-9H2,1H3/b21-19?,22-11+. The van der Waals surface area contributed by atoms with Crippen LogP contribution in [0, 0.1) is 3.57 Å². The maximum absolute atomic E-state index is 10.2. The Morgan fingerprint density at radius 2 is 2.04 bits per heavy atom. The first-order valence-electron chi connectivity index (χ1n) is 8.11. The van der Waals surface area contributed by atoms with Gasteiger partial charge in [0, 0.05) is 33.3 Å². The second-order valence-corrected chi connectivity index (χ2v) is 7.56. The number of halogens is 1.